The van der Waals surface area contributed by atoms with E-state index in [1.807, 2.05) is 6.92 Å². The summed E-state index contributed by atoms with van der Waals surface area (Å²) in [5.41, 5.74) is 1.23. The fraction of sp³-hybridized carbons (Fsp3) is 0.647. The predicted molar refractivity (Wildman–Crippen MR) is 82.9 cm³/mol. The minimum absolute atomic E-state index is 0.364. The lowest BCUT2D eigenvalue weighted by atomic mass is 9.75. The molecule has 21 heavy (non-hydrogen) atoms. The van der Waals surface area contributed by atoms with E-state index < -0.39 is 5.97 Å². The number of nitrogens with zero attached hydrogens (tertiary/aromatic N) is 2. The molecule has 1 saturated carbocycles. The van der Waals surface area contributed by atoms with Gasteiger partial charge in [-0.2, -0.15) is 0 Å². The first-order valence-electron chi connectivity index (χ1n) is 8.16. The van der Waals surface area contributed by atoms with Gasteiger partial charge in [0.05, 0.1) is 5.56 Å². The summed E-state index contributed by atoms with van der Waals surface area (Å²) in [5.74, 6) is 1.65. The summed E-state index contributed by atoms with van der Waals surface area (Å²) in [6.07, 6.45) is 7.42. The normalized spacial score (nSPS) is 25.5. The molecule has 2 heterocycles. The molecule has 0 aromatic carbocycles. The fourth-order valence-electron chi connectivity index (χ4n) is 3.85. The molecule has 0 amide bonds. The number of pyridine rings is 1. The van der Waals surface area contributed by atoms with Gasteiger partial charge in [-0.3, -0.25) is 0 Å². The van der Waals surface area contributed by atoms with E-state index in [1.54, 1.807) is 12.1 Å². The first kappa shape index (κ1) is 14.4. The Labute approximate surface area is 126 Å². The summed E-state index contributed by atoms with van der Waals surface area (Å²) in [6, 6.07) is 3.43. The molecule has 0 bridgehead atoms. The first-order valence-corrected chi connectivity index (χ1v) is 8.16. The van der Waals surface area contributed by atoms with Crippen LogP contribution >= 0.6 is 0 Å². The molecule has 1 aliphatic carbocycles. The number of rotatable bonds is 3. The molecule has 4 heteroatoms. The van der Waals surface area contributed by atoms with Crippen molar-refractivity contribution in [2.45, 2.75) is 45.4 Å². The molecule has 1 N–H and O–H groups in total. The monoisotopic (exact) mass is 288 g/mol. The Morgan fingerprint density at radius 3 is 2.76 bits per heavy atom. The molecule has 2 fully saturated rings. The van der Waals surface area contributed by atoms with Crippen LogP contribution in [0.1, 0.15) is 55.1 Å². The van der Waals surface area contributed by atoms with Crippen molar-refractivity contribution in [2.75, 3.05) is 18.0 Å². The molecule has 2 aliphatic rings. The fourth-order valence-corrected chi connectivity index (χ4v) is 3.85. The summed E-state index contributed by atoms with van der Waals surface area (Å²) in [4.78, 5) is 18.2. The maximum atomic E-state index is 11.3. The summed E-state index contributed by atoms with van der Waals surface area (Å²) in [7, 11) is 0. The van der Waals surface area contributed by atoms with Gasteiger partial charge < -0.3 is 10.0 Å². The number of carboxylic acids is 1. The van der Waals surface area contributed by atoms with Crippen molar-refractivity contribution < 1.29 is 9.90 Å². The van der Waals surface area contributed by atoms with E-state index in [9.17, 15) is 9.90 Å². The van der Waals surface area contributed by atoms with Gasteiger partial charge in [0, 0.05) is 18.8 Å². The Morgan fingerprint density at radius 2 is 2.05 bits per heavy atom. The standard InChI is InChI=1S/C17H24N2O2/c1-2-15-9-14(17(20)21)10-16(18-15)19-8-7-12-5-3-4-6-13(12)11-19/h9-10,12-13H,2-8,11H2,1H3,(H,20,21). The smallest absolute Gasteiger partial charge is 0.335 e. The Hall–Kier alpha value is -1.58. The number of aryl methyl sites for hydroxylation is 1. The summed E-state index contributed by atoms with van der Waals surface area (Å²) >= 11 is 0. The van der Waals surface area contributed by atoms with Crippen molar-refractivity contribution >= 4 is 11.8 Å². The van der Waals surface area contributed by atoms with Gasteiger partial charge in [0.15, 0.2) is 0 Å². The van der Waals surface area contributed by atoms with Crippen LogP contribution in [0.5, 0.6) is 0 Å². The van der Waals surface area contributed by atoms with Gasteiger partial charge in [0.2, 0.25) is 0 Å². The first-order chi connectivity index (χ1) is 10.2. The van der Waals surface area contributed by atoms with Gasteiger partial charge in [0.25, 0.3) is 0 Å². The predicted octanol–water partition coefficient (Wildman–Crippen LogP) is 3.36. The second kappa shape index (κ2) is 6.04. The van der Waals surface area contributed by atoms with Gasteiger partial charge in [0.1, 0.15) is 5.82 Å². The highest BCUT2D eigenvalue weighted by atomic mass is 16.4. The molecule has 3 rings (SSSR count). The number of hydrogen-bond donors (Lipinski definition) is 1. The minimum atomic E-state index is -0.860. The highest BCUT2D eigenvalue weighted by Crippen LogP contribution is 2.37. The minimum Gasteiger partial charge on any atom is -0.478 e. The van der Waals surface area contributed by atoms with Crippen LogP contribution in [0, 0.1) is 11.8 Å². The van der Waals surface area contributed by atoms with E-state index in [2.05, 4.69) is 9.88 Å². The Bertz CT molecular complexity index is 530. The molecule has 114 valence electrons. The Kier molecular flexibility index (Phi) is 4.13. The highest BCUT2D eigenvalue weighted by Gasteiger charge is 2.31. The zero-order valence-corrected chi connectivity index (χ0v) is 12.7. The van der Waals surface area contributed by atoms with E-state index in [4.69, 9.17) is 0 Å². The Balaban J connectivity index is 1.82. The largest absolute Gasteiger partial charge is 0.478 e. The summed E-state index contributed by atoms with van der Waals surface area (Å²) in [5, 5.41) is 9.27. The number of piperidine rings is 1. The summed E-state index contributed by atoms with van der Waals surface area (Å²) in [6.45, 7) is 4.08. The molecule has 1 aromatic rings. The van der Waals surface area contributed by atoms with Gasteiger partial charge in [-0.1, -0.05) is 26.2 Å². The van der Waals surface area contributed by atoms with Crippen LogP contribution in [0.25, 0.3) is 0 Å². The van der Waals surface area contributed by atoms with Gasteiger partial charge in [-0.15, -0.1) is 0 Å². The van der Waals surface area contributed by atoms with Crippen LogP contribution in [0.2, 0.25) is 0 Å². The van der Waals surface area contributed by atoms with E-state index in [0.717, 1.165) is 42.9 Å². The van der Waals surface area contributed by atoms with Crippen molar-refractivity contribution in [1.29, 1.82) is 0 Å². The Morgan fingerprint density at radius 1 is 1.29 bits per heavy atom. The molecule has 2 atom stereocenters. The van der Waals surface area contributed by atoms with Crippen LogP contribution < -0.4 is 4.90 Å². The highest BCUT2D eigenvalue weighted by molar-refractivity contribution is 5.88. The van der Waals surface area contributed by atoms with E-state index in [-0.39, 0.29) is 0 Å². The maximum absolute atomic E-state index is 11.3. The number of aromatic carboxylic acids is 1. The average molecular weight is 288 g/mol. The van der Waals surface area contributed by atoms with Crippen LogP contribution in [0.4, 0.5) is 5.82 Å². The van der Waals surface area contributed by atoms with Crippen molar-refractivity contribution in [3.8, 4) is 0 Å². The second-order valence-corrected chi connectivity index (χ2v) is 6.40. The third-order valence-electron chi connectivity index (χ3n) is 5.09. The van der Waals surface area contributed by atoms with Crippen molar-refractivity contribution in [2.24, 2.45) is 11.8 Å². The van der Waals surface area contributed by atoms with Gasteiger partial charge in [-0.05, 0) is 43.2 Å². The third kappa shape index (κ3) is 3.04. The van der Waals surface area contributed by atoms with Crippen molar-refractivity contribution in [1.82, 2.24) is 4.98 Å². The lowest BCUT2D eigenvalue weighted by Crippen LogP contribution is -2.42. The molecule has 1 saturated heterocycles. The van der Waals surface area contributed by atoms with Crippen LogP contribution in [-0.2, 0) is 6.42 Å². The number of anilines is 1. The molecular formula is C17H24N2O2. The van der Waals surface area contributed by atoms with Crippen LogP contribution in [-0.4, -0.2) is 29.1 Å². The third-order valence-corrected chi connectivity index (χ3v) is 5.09. The van der Waals surface area contributed by atoms with Gasteiger partial charge in [-0.25, -0.2) is 9.78 Å². The molecule has 0 radical (unpaired) electrons. The van der Waals surface area contributed by atoms with Gasteiger partial charge >= 0.3 is 5.97 Å². The quantitative estimate of drug-likeness (QED) is 0.926. The number of fused-ring (bicyclic) bond motifs is 1. The number of aromatic nitrogens is 1. The number of hydrogen-bond acceptors (Lipinski definition) is 3. The molecule has 2 unspecified atom stereocenters. The maximum Gasteiger partial charge on any atom is 0.335 e. The zero-order chi connectivity index (χ0) is 14.8. The van der Waals surface area contributed by atoms with Crippen molar-refractivity contribution in [3.05, 3.63) is 23.4 Å². The summed E-state index contributed by atoms with van der Waals surface area (Å²) < 4.78 is 0. The molecule has 4 nitrogen and oxygen atoms in total. The average Bonchev–Trinajstić information content (AvgIpc) is 2.53. The van der Waals surface area contributed by atoms with Crippen LogP contribution in [0.15, 0.2) is 12.1 Å². The van der Waals surface area contributed by atoms with E-state index in [1.165, 1.54) is 32.1 Å². The topological polar surface area (TPSA) is 53.4 Å². The lowest BCUT2D eigenvalue weighted by Gasteiger charge is -2.42. The SMILES string of the molecule is CCc1cc(C(=O)O)cc(N2CCC3CCCCC3C2)n1. The van der Waals surface area contributed by atoms with E-state index >= 15 is 0 Å². The van der Waals surface area contributed by atoms with Crippen LogP contribution in [0.3, 0.4) is 0 Å². The molecule has 1 aliphatic heterocycles. The van der Waals surface area contributed by atoms with Crippen molar-refractivity contribution in [3.63, 3.8) is 0 Å². The zero-order valence-electron chi connectivity index (χ0n) is 12.7. The number of carbonyl (C=O) groups is 1. The van der Waals surface area contributed by atoms with E-state index in [0.29, 0.717) is 5.56 Å². The molecule has 1 aromatic heterocycles. The second-order valence-electron chi connectivity index (χ2n) is 6.40. The number of carboxylic acid groups (broad SMARTS) is 1. The molecule has 0 spiro atoms. The lowest BCUT2D eigenvalue weighted by molar-refractivity contribution is 0.0696. The molecular weight excluding hydrogens is 264 g/mol.